The lowest BCUT2D eigenvalue weighted by atomic mass is 10.1. The number of carbonyl (C=O) groups is 2. The Balaban J connectivity index is 1.46. The number of aromatic nitrogens is 1. The zero-order chi connectivity index (χ0) is 26.4. The third-order valence-corrected chi connectivity index (χ3v) is 6.51. The number of nitrogens with zero attached hydrogens (tertiary/aromatic N) is 2. The van der Waals surface area contributed by atoms with Crippen LogP contribution < -0.4 is 15.5 Å². The standard InChI is InChI=1S/C30H32N4O3/c1-20-11-10-12-21(2)29(20)37-19-28(35)32-26(17-23-13-6-5-7-14-23)30(36)33-31-18-25-22(3)34(4)27-16-9-8-15-24(25)27/h5-16,18,26H,17,19H2,1-4H3,(H,32,35)(H,33,36)/b31-18-/t26-/m0/s1. The van der Waals surface area contributed by atoms with Crippen molar-refractivity contribution in [2.24, 2.45) is 12.1 Å². The third kappa shape index (κ3) is 6.06. The lowest BCUT2D eigenvalue weighted by molar-refractivity contribution is -0.130. The summed E-state index contributed by atoms with van der Waals surface area (Å²) >= 11 is 0. The van der Waals surface area contributed by atoms with Crippen LogP contribution in [0, 0.1) is 20.8 Å². The topological polar surface area (TPSA) is 84.7 Å². The number of hydrazone groups is 1. The van der Waals surface area contributed by atoms with Gasteiger partial charge in [-0.25, -0.2) is 5.43 Å². The lowest BCUT2D eigenvalue weighted by Gasteiger charge is -2.18. The van der Waals surface area contributed by atoms with Crippen LogP contribution in [-0.4, -0.2) is 35.2 Å². The summed E-state index contributed by atoms with van der Waals surface area (Å²) in [5.41, 5.74) is 8.50. The van der Waals surface area contributed by atoms with Crippen molar-refractivity contribution in [3.63, 3.8) is 0 Å². The predicted octanol–water partition coefficient (Wildman–Crippen LogP) is 4.36. The molecule has 0 saturated heterocycles. The molecule has 0 fully saturated rings. The Hall–Kier alpha value is -4.39. The van der Waals surface area contributed by atoms with Crippen molar-refractivity contribution in [1.82, 2.24) is 15.3 Å². The zero-order valence-electron chi connectivity index (χ0n) is 21.6. The van der Waals surface area contributed by atoms with Crippen molar-refractivity contribution in [3.05, 3.63) is 101 Å². The van der Waals surface area contributed by atoms with Gasteiger partial charge >= 0.3 is 0 Å². The second-order valence-corrected chi connectivity index (χ2v) is 9.13. The maximum absolute atomic E-state index is 13.1. The van der Waals surface area contributed by atoms with Gasteiger partial charge in [0.15, 0.2) is 6.61 Å². The molecule has 0 bridgehead atoms. The van der Waals surface area contributed by atoms with Crippen LogP contribution in [0.1, 0.15) is 27.9 Å². The highest BCUT2D eigenvalue weighted by atomic mass is 16.5. The van der Waals surface area contributed by atoms with Gasteiger partial charge in [-0.2, -0.15) is 5.10 Å². The Morgan fingerprint density at radius 2 is 1.62 bits per heavy atom. The molecule has 1 aromatic heterocycles. The van der Waals surface area contributed by atoms with Crippen LogP contribution in [0.5, 0.6) is 5.75 Å². The molecule has 190 valence electrons. The molecular weight excluding hydrogens is 464 g/mol. The van der Waals surface area contributed by atoms with E-state index in [1.165, 1.54) is 0 Å². The Kier molecular flexibility index (Phi) is 8.03. The molecule has 0 aliphatic heterocycles. The normalized spacial score (nSPS) is 12.0. The summed E-state index contributed by atoms with van der Waals surface area (Å²) in [5.74, 6) is -0.109. The van der Waals surface area contributed by atoms with E-state index in [0.717, 1.165) is 38.9 Å². The maximum Gasteiger partial charge on any atom is 0.262 e. The average Bonchev–Trinajstić information content (AvgIpc) is 3.13. The average molecular weight is 497 g/mol. The summed E-state index contributed by atoms with van der Waals surface area (Å²) in [5, 5.41) is 8.10. The first-order valence-corrected chi connectivity index (χ1v) is 12.2. The lowest BCUT2D eigenvalue weighted by Crippen LogP contribution is -2.48. The van der Waals surface area contributed by atoms with Crippen LogP contribution in [0.25, 0.3) is 10.9 Å². The van der Waals surface area contributed by atoms with Crippen molar-refractivity contribution >= 4 is 28.9 Å². The second kappa shape index (κ2) is 11.6. The fourth-order valence-electron chi connectivity index (χ4n) is 4.41. The molecule has 2 amide bonds. The van der Waals surface area contributed by atoms with E-state index in [9.17, 15) is 9.59 Å². The fourth-order valence-corrected chi connectivity index (χ4v) is 4.41. The van der Waals surface area contributed by atoms with E-state index in [-0.39, 0.29) is 12.5 Å². The maximum atomic E-state index is 13.1. The molecular formula is C30H32N4O3. The number of amides is 2. The molecule has 3 aromatic carbocycles. The van der Waals surface area contributed by atoms with E-state index in [0.29, 0.717) is 12.2 Å². The molecule has 0 radical (unpaired) electrons. The monoisotopic (exact) mass is 496 g/mol. The molecule has 0 unspecified atom stereocenters. The number of nitrogens with one attached hydrogen (secondary N) is 2. The van der Waals surface area contributed by atoms with Crippen LogP contribution in [0.15, 0.2) is 77.9 Å². The first-order chi connectivity index (χ1) is 17.8. The van der Waals surface area contributed by atoms with Gasteiger partial charge in [-0.15, -0.1) is 0 Å². The first kappa shape index (κ1) is 25.7. The van der Waals surface area contributed by atoms with Gasteiger partial charge in [-0.3, -0.25) is 9.59 Å². The Bertz CT molecular complexity index is 1420. The molecule has 4 aromatic rings. The van der Waals surface area contributed by atoms with Crippen LogP contribution in [-0.2, 0) is 23.1 Å². The minimum Gasteiger partial charge on any atom is -0.483 e. The highest BCUT2D eigenvalue weighted by Crippen LogP contribution is 2.23. The molecule has 2 N–H and O–H groups in total. The summed E-state index contributed by atoms with van der Waals surface area (Å²) in [6, 6.07) is 22.6. The number of carbonyl (C=O) groups excluding carboxylic acids is 2. The molecule has 37 heavy (non-hydrogen) atoms. The van der Waals surface area contributed by atoms with E-state index in [1.807, 2.05) is 101 Å². The molecule has 1 heterocycles. The Morgan fingerprint density at radius 3 is 2.35 bits per heavy atom. The van der Waals surface area contributed by atoms with Crippen LogP contribution >= 0.6 is 0 Å². The van der Waals surface area contributed by atoms with Crippen LogP contribution in [0.2, 0.25) is 0 Å². The minimum absolute atomic E-state index is 0.192. The number of para-hydroxylation sites is 2. The summed E-state index contributed by atoms with van der Waals surface area (Å²) in [6.07, 6.45) is 1.98. The van der Waals surface area contributed by atoms with Crippen LogP contribution in [0.4, 0.5) is 0 Å². The SMILES string of the molecule is Cc1cccc(C)c1OCC(=O)N[C@@H](Cc1ccccc1)C(=O)N/N=C\c1c(C)n(C)c2ccccc12. The van der Waals surface area contributed by atoms with Gasteiger partial charge in [0.25, 0.3) is 11.8 Å². The summed E-state index contributed by atoms with van der Waals surface area (Å²) in [4.78, 5) is 25.9. The predicted molar refractivity (Wildman–Crippen MR) is 147 cm³/mol. The number of rotatable bonds is 9. The van der Waals surface area contributed by atoms with Crippen molar-refractivity contribution in [2.45, 2.75) is 33.2 Å². The van der Waals surface area contributed by atoms with Crippen molar-refractivity contribution in [3.8, 4) is 5.75 Å². The van der Waals surface area contributed by atoms with E-state index in [1.54, 1.807) is 6.21 Å². The third-order valence-electron chi connectivity index (χ3n) is 6.51. The number of hydrogen-bond acceptors (Lipinski definition) is 4. The second-order valence-electron chi connectivity index (χ2n) is 9.13. The number of hydrogen-bond donors (Lipinski definition) is 2. The molecule has 0 spiro atoms. The molecule has 4 rings (SSSR count). The molecule has 0 aliphatic carbocycles. The van der Waals surface area contributed by atoms with Crippen molar-refractivity contribution < 1.29 is 14.3 Å². The van der Waals surface area contributed by atoms with Gasteiger partial charge in [0, 0.05) is 35.6 Å². The van der Waals surface area contributed by atoms with Gasteiger partial charge in [0.1, 0.15) is 11.8 Å². The Labute approximate surface area is 217 Å². The largest absolute Gasteiger partial charge is 0.483 e. The number of benzene rings is 3. The highest BCUT2D eigenvalue weighted by Gasteiger charge is 2.22. The molecule has 7 nitrogen and oxygen atoms in total. The summed E-state index contributed by atoms with van der Waals surface area (Å²) < 4.78 is 7.87. The first-order valence-electron chi connectivity index (χ1n) is 12.2. The van der Waals surface area contributed by atoms with Crippen molar-refractivity contribution in [2.75, 3.05) is 6.61 Å². The Morgan fingerprint density at radius 1 is 0.946 bits per heavy atom. The molecule has 1 atom stereocenters. The van der Waals surface area contributed by atoms with Crippen LogP contribution in [0.3, 0.4) is 0 Å². The van der Waals surface area contributed by atoms with E-state index in [2.05, 4.69) is 20.4 Å². The fraction of sp³-hybridized carbons (Fsp3) is 0.233. The summed E-state index contributed by atoms with van der Waals surface area (Å²) in [7, 11) is 2.00. The molecule has 0 aliphatic rings. The van der Waals surface area contributed by atoms with E-state index < -0.39 is 11.9 Å². The van der Waals surface area contributed by atoms with Crippen molar-refractivity contribution in [1.29, 1.82) is 0 Å². The minimum atomic E-state index is -0.817. The highest BCUT2D eigenvalue weighted by molar-refractivity contribution is 6.01. The smallest absolute Gasteiger partial charge is 0.262 e. The molecule has 0 saturated carbocycles. The number of aryl methyl sites for hydroxylation is 3. The van der Waals surface area contributed by atoms with Gasteiger partial charge < -0.3 is 14.6 Å². The number of ether oxygens (including phenoxy) is 1. The van der Waals surface area contributed by atoms with Gasteiger partial charge in [0.2, 0.25) is 0 Å². The van der Waals surface area contributed by atoms with Gasteiger partial charge in [-0.05, 0) is 43.5 Å². The summed E-state index contributed by atoms with van der Waals surface area (Å²) in [6.45, 7) is 5.68. The quantitative estimate of drug-likeness (QED) is 0.267. The van der Waals surface area contributed by atoms with E-state index in [4.69, 9.17) is 4.74 Å². The van der Waals surface area contributed by atoms with Gasteiger partial charge in [-0.1, -0.05) is 66.7 Å². The molecule has 7 heteroatoms. The zero-order valence-corrected chi connectivity index (χ0v) is 21.6. The van der Waals surface area contributed by atoms with Gasteiger partial charge in [0.05, 0.1) is 6.21 Å². The van der Waals surface area contributed by atoms with E-state index >= 15 is 0 Å². The number of fused-ring (bicyclic) bond motifs is 1.